The zero-order valence-corrected chi connectivity index (χ0v) is 17.1. The summed E-state index contributed by atoms with van der Waals surface area (Å²) >= 11 is 0. The standard InChI is InChI=1S/C20H20F3N3O3S/c1-13(14-7-9-15(10-8-14)20(21,22)23)24-19(27)11-26-17-6-4-3-5-16(17)25-18(26)12-30(2,28)29/h3-10,13H,11-12H2,1-2H3,(H,24,27). The zero-order chi connectivity index (χ0) is 22.1. The molecule has 0 saturated heterocycles. The van der Waals surface area contributed by atoms with Gasteiger partial charge in [0.1, 0.15) is 18.1 Å². The lowest BCUT2D eigenvalue weighted by Crippen LogP contribution is -2.30. The van der Waals surface area contributed by atoms with Gasteiger partial charge in [0.05, 0.1) is 22.6 Å². The number of aromatic nitrogens is 2. The van der Waals surface area contributed by atoms with Crippen LogP contribution in [0.25, 0.3) is 11.0 Å². The van der Waals surface area contributed by atoms with E-state index in [0.717, 1.165) is 18.4 Å². The highest BCUT2D eigenvalue weighted by atomic mass is 32.2. The molecule has 0 spiro atoms. The van der Waals surface area contributed by atoms with Crippen LogP contribution in [0.15, 0.2) is 48.5 Å². The average molecular weight is 439 g/mol. The molecule has 0 aliphatic heterocycles. The Balaban J connectivity index is 1.79. The van der Waals surface area contributed by atoms with Gasteiger partial charge in [-0.15, -0.1) is 0 Å². The summed E-state index contributed by atoms with van der Waals surface area (Å²) < 4.78 is 63.1. The van der Waals surface area contributed by atoms with Crippen LogP contribution in [-0.2, 0) is 33.1 Å². The molecule has 2 aromatic carbocycles. The third kappa shape index (κ3) is 5.18. The van der Waals surface area contributed by atoms with Crippen LogP contribution in [0.5, 0.6) is 0 Å². The van der Waals surface area contributed by atoms with E-state index in [4.69, 9.17) is 0 Å². The minimum Gasteiger partial charge on any atom is -0.348 e. The molecule has 3 aromatic rings. The van der Waals surface area contributed by atoms with Crippen LogP contribution in [0.2, 0.25) is 0 Å². The van der Waals surface area contributed by atoms with Crippen LogP contribution in [0.1, 0.15) is 29.9 Å². The van der Waals surface area contributed by atoms with Crippen LogP contribution in [0, 0.1) is 0 Å². The number of para-hydroxylation sites is 2. The van der Waals surface area contributed by atoms with E-state index in [0.29, 0.717) is 16.6 Å². The number of hydrogen-bond acceptors (Lipinski definition) is 4. The lowest BCUT2D eigenvalue weighted by atomic mass is 10.1. The number of sulfone groups is 1. The second kappa shape index (κ2) is 8.10. The van der Waals surface area contributed by atoms with E-state index in [1.165, 1.54) is 16.7 Å². The Labute approximate surface area is 171 Å². The first-order chi connectivity index (χ1) is 13.9. The van der Waals surface area contributed by atoms with Crippen LogP contribution >= 0.6 is 0 Å². The molecule has 1 N–H and O–H groups in total. The molecule has 160 valence electrons. The summed E-state index contributed by atoms with van der Waals surface area (Å²) in [5.74, 6) is -0.486. The summed E-state index contributed by atoms with van der Waals surface area (Å²) in [5, 5.41) is 2.73. The number of hydrogen-bond donors (Lipinski definition) is 1. The number of rotatable bonds is 6. The fraction of sp³-hybridized carbons (Fsp3) is 0.300. The van der Waals surface area contributed by atoms with E-state index >= 15 is 0 Å². The van der Waals surface area contributed by atoms with E-state index < -0.39 is 33.5 Å². The molecule has 0 aliphatic rings. The van der Waals surface area contributed by atoms with E-state index in [9.17, 15) is 26.4 Å². The Kier molecular flexibility index (Phi) is 5.89. The minimum absolute atomic E-state index is 0.170. The number of nitrogens with zero attached hydrogens (tertiary/aromatic N) is 2. The molecular formula is C20H20F3N3O3S. The van der Waals surface area contributed by atoms with Gasteiger partial charge in [0.25, 0.3) is 0 Å². The molecule has 30 heavy (non-hydrogen) atoms. The van der Waals surface area contributed by atoms with Crippen molar-refractivity contribution >= 4 is 26.8 Å². The molecule has 6 nitrogen and oxygen atoms in total. The average Bonchev–Trinajstić information content (AvgIpc) is 2.96. The van der Waals surface area contributed by atoms with Crippen molar-refractivity contribution in [2.24, 2.45) is 0 Å². The second-order valence-corrected chi connectivity index (χ2v) is 9.22. The van der Waals surface area contributed by atoms with Crippen molar-refractivity contribution in [1.82, 2.24) is 14.9 Å². The van der Waals surface area contributed by atoms with Gasteiger partial charge in [-0.1, -0.05) is 24.3 Å². The van der Waals surface area contributed by atoms with E-state index in [-0.39, 0.29) is 18.1 Å². The minimum atomic E-state index is -4.43. The summed E-state index contributed by atoms with van der Waals surface area (Å²) in [7, 11) is -3.37. The summed E-state index contributed by atoms with van der Waals surface area (Å²) in [5.41, 5.74) is 0.941. The van der Waals surface area contributed by atoms with Crippen molar-refractivity contribution < 1.29 is 26.4 Å². The number of amides is 1. The fourth-order valence-corrected chi connectivity index (χ4v) is 3.81. The third-order valence-electron chi connectivity index (χ3n) is 4.54. The Bertz CT molecular complexity index is 1170. The highest BCUT2D eigenvalue weighted by Gasteiger charge is 2.30. The van der Waals surface area contributed by atoms with Crippen molar-refractivity contribution in [3.05, 3.63) is 65.5 Å². The molecular weight excluding hydrogens is 419 g/mol. The highest BCUT2D eigenvalue weighted by Crippen LogP contribution is 2.30. The Morgan fingerprint density at radius 1 is 1.13 bits per heavy atom. The van der Waals surface area contributed by atoms with Crippen molar-refractivity contribution in [2.75, 3.05) is 6.26 Å². The summed E-state index contributed by atoms with van der Waals surface area (Å²) in [6.45, 7) is 1.49. The zero-order valence-electron chi connectivity index (χ0n) is 16.3. The Hall–Kier alpha value is -2.88. The van der Waals surface area contributed by atoms with Crippen LogP contribution in [0.4, 0.5) is 13.2 Å². The number of imidazole rings is 1. The lowest BCUT2D eigenvalue weighted by Gasteiger charge is -2.16. The maximum atomic E-state index is 12.7. The van der Waals surface area contributed by atoms with E-state index in [2.05, 4.69) is 10.3 Å². The van der Waals surface area contributed by atoms with Gasteiger partial charge in [0.2, 0.25) is 5.91 Å². The van der Waals surface area contributed by atoms with Gasteiger partial charge in [-0.05, 0) is 36.8 Å². The van der Waals surface area contributed by atoms with E-state index in [1.807, 2.05) is 0 Å². The molecule has 0 radical (unpaired) electrons. The van der Waals surface area contributed by atoms with Gasteiger partial charge in [-0.25, -0.2) is 13.4 Å². The van der Waals surface area contributed by atoms with Gasteiger partial charge >= 0.3 is 6.18 Å². The number of benzene rings is 2. The summed E-state index contributed by atoms with van der Waals surface area (Å²) in [6, 6.07) is 11.0. The molecule has 10 heteroatoms. The number of alkyl halides is 3. The number of fused-ring (bicyclic) bond motifs is 1. The van der Waals surface area contributed by atoms with Crippen molar-refractivity contribution in [3.8, 4) is 0 Å². The SMILES string of the molecule is CC(NC(=O)Cn1c(CS(C)(=O)=O)nc2ccccc21)c1ccc(C(F)(F)F)cc1. The van der Waals surface area contributed by atoms with Gasteiger partial charge in [0.15, 0.2) is 9.84 Å². The summed E-state index contributed by atoms with van der Waals surface area (Å²) in [6.07, 6.45) is -3.34. The van der Waals surface area contributed by atoms with Gasteiger partial charge in [-0.3, -0.25) is 4.79 Å². The Morgan fingerprint density at radius 3 is 2.37 bits per heavy atom. The number of nitrogens with one attached hydrogen (secondary N) is 1. The Morgan fingerprint density at radius 2 is 1.77 bits per heavy atom. The maximum absolute atomic E-state index is 12.7. The molecule has 0 bridgehead atoms. The molecule has 1 aromatic heterocycles. The van der Waals surface area contributed by atoms with E-state index in [1.54, 1.807) is 31.2 Å². The molecule has 3 rings (SSSR count). The molecule has 1 atom stereocenters. The normalized spacial score (nSPS) is 13.4. The van der Waals surface area contributed by atoms with Crippen molar-refractivity contribution in [1.29, 1.82) is 0 Å². The van der Waals surface area contributed by atoms with Crippen molar-refractivity contribution in [3.63, 3.8) is 0 Å². The highest BCUT2D eigenvalue weighted by molar-refractivity contribution is 7.89. The smallest absolute Gasteiger partial charge is 0.348 e. The molecule has 0 saturated carbocycles. The predicted octanol–water partition coefficient (Wildman–Crippen LogP) is 3.48. The first kappa shape index (κ1) is 21.8. The monoisotopic (exact) mass is 439 g/mol. The van der Waals surface area contributed by atoms with Crippen LogP contribution < -0.4 is 5.32 Å². The van der Waals surface area contributed by atoms with Crippen molar-refractivity contribution in [2.45, 2.75) is 31.4 Å². The largest absolute Gasteiger partial charge is 0.416 e. The van der Waals surface area contributed by atoms with Gasteiger partial charge < -0.3 is 9.88 Å². The second-order valence-electron chi connectivity index (χ2n) is 7.08. The summed E-state index contributed by atoms with van der Waals surface area (Å²) in [4.78, 5) is 16.9. The van der Waals surface area contributed by atoms with Crippen LogP contribution in [0.3, 0.4) is 0 Å². The number of carbonyl (C=O) groups is 1. The molecule has 0 aliphatic carbocycles. The van der Waals surface area contributed by atoms with Gasteiger partial charge in [0, 0.05) is 6.26 Å². The third-order valence-corrected chi connectivity index (χ3v) is 5.32. The predicted molar refractivity (Wildman–Crippen MR) is 106 cm³/mol. The molecule has 1 unspecified atom stereocenters. The number of halogens is 3. The maximum Gasteiger partial charge on any atom is 0.416 e. The van der Waals surface area contributed by atoms with Gasteiger partial charge in [-0.2, -0.15) is 13.2 Å². The topological polar surface area (TPSA) is 81.1 Å². The quantitative estimate of drug-likeness (QED) is 0.638. The number of carbonyl (C=O) groups excluding carboxylic acids is 1. The van der Waals surface area contributed by atoms with Crippen LogP contribution in [-0.4, -0.2) is 30.1 Å². The molecule has 1 heterocycles. The lowest BCUT2D eigenvalue weighted by molar-refractivity contribution is -0.137. The molecule has 1 amide bonds. The first-order valence-corrected chi connectivity index (χ1v) is 11.1. The molecule has 0 fully saturated rings. The fourth-order valence-electron chi connectivity index (χ4n) is 3.12. The first-order valence-electron chi connectivity index (χ1n) is 9.02.